The van der Waals surface area contributed by atoms with Gasteiger partial charge >= 0.3 is 5.97 Å². The van der Waals surface area contributed by atoms with Crippen LogP contribution in [0.15, 0.2) is 108 Å². The molecular formula is C40H33NO8. The standard InChI is InChI=1S/C40H33NO8/c42-26-11-14-32-23(18-26)17-24(21-49-32)36-27-12-13-28-35(39(48)41(38(28)47)16-15-34(44)45)30(27)19-31-37(46)29(22-7-3-1-4-8-22)20-33(43)40(31,36)25-9-5-2-6-10-25/h1-12,14,18,20-21,28,30-31,35-36,42H,13,15-17,19H2,(H,44,45)/t28-,30+,31-,35-,36-,40-/m0/s1. The van der Waals surface area contributed by atoms with Gasteiger partial charge in [0, 0.05) is 35.9 Å². The van der Waals surface area contributed by atoms with Crippen LogP contribution in [0.2, 0.25) is 0 Å². The molecule has 0 spiro atoms. The Hall–Kier alpha value is -5.57. The number of aromatic hydroxyl groups is 1. The smallest absolute Gasteiger partial charge is 0.305 e. The number of imide groups is 1. The van der Waals surface area contributed by atoms with Gasteiger partial charge in [-0.2, -0.15) is 0 Å². The fraction of sp³-hybridized carbons (Fsp3) is 0.275. The maximum atomic E-state index is 15.1. The van der Waals surface area contributed by atoms with Crippen molar-refractivity contribution >= 4 is 34.9 Å². The highest BCUT2D eigenvalue weighted by atomic mass is 16.5. The molecule has 9 nitrogen and oxygen atoms in total. The van der Waals surface area contributed by atoms with E-state index in [2.05, 4.69) is 0 Å². The summed E-state index contributed by atoms with van der Waals surface area (Å²) in [5.74, 6) is -5.40. The Morgan fingerprint density at radius 2 is 1.65 bits per heavy atom. The van der Waals surface area contributed by atoms with E-state index in [1.54, 1.807) is 30.5 Å². The summed E-state index contributed by atoms with van der Waals surface area (Å²) in [7, 11) is 0. The number of carbonyl (C=O) groups is 5. The molecule has 1 saturated heterocycles. The van der Waals surface area contributed by atoms with E-state index in [4.69, 9.17) is 4.74 Å². The number of rotatable bonds is 6. The number of carboxylic acid groups (broad SMARTS) is 1. The number of allylic oxidation sites excluding steroid dienone is 5. The van der Waals surface area contributed by atoms with E-state index in [0.717, 1.165) is 21.6 Å². The third-order valence-corrected chi connectivity index (χ3v) is 11.2. The number of hydrogen-bond acceptors (Lipinski definition) is 7. The minimum Gasteiger partial charge on any atom is -0.508 e. The molecule has 3 aliphatic carbocycles. The average molecular weight is 656 g/mol. The summed E-state index contributed by atoms with van der Waals surface area (Å²) in [6.07, 6.45) is 5.44. The quantitative estimate of drug-likeness (QED) is 0.278. The number of phenols is 1. The molecule has 0 bridgehead atoms. The summed E-state index contributed by atoms with van der Waals surface area (Å²) < 4.78 is 6.14. The second kappa shape index (κ2) is 11.5. The summed E-state index contributed by atoms with van der Waals surface area (Å²) in [5, 5.41) is 19.7. The predicted molar refractivity (Wildman–Crippen MR) is 177 cm³/mol. The number of phenolic OH excluding ortho intramolecular Hbond substituents is 1. The summed E-state index contributed by atoms with van der Waals surface area (Å²) in [6, 6.07) is 23.2. The number of nitrogens with zero attached hydrogens (tertiary/aromatic N) is 1. The lowest BCUT2D eigenvalue weighted by Gasteiger charge is -2.56. The third kappa shape index (κ3) is 4.63. The molecule has 2 fully saturated rings. The molecule has 2 heterocycles. The first-order valence-electron chi connectivity index (χ1n) is 16.6. The number of likely N-dealkylation sites (tertiary alicyclic amines) is 1. The maximum absolute atomic E-state index is 15.1. The van der Waals surface area contributed by atoms with E-state index in [9.17, 15) is 29.4 Å². The molecular weight excluding hydrogens is 622 g/mol. The van der Waals surface area contributed by atoms with Crippen molar-refractivity contribution in [3.05, 3.63) is 125 Å². The molecule has 0 radical (unpaired) electrons. The van der Waals surface area contributed by atoms with Gasteiger partial charge in [0.1, 0.15) is 11.5 Å². The minimum absolute atomic E-state index is 0.0661. The zero-order valence-electron chi connectivity index (χ0n) is 26.5. The van der Waals surface area contributed by atoms with Crippen molar-refractivity contribution in [3.63, 3.8) is 0 Å². The highest BCUT2D eigenvalue weighted by Gasteiger charge is 2.66. The number of Topliss-reactive ketones (excluding diaryl/α,β-unsaturated/α-hetero) is 1. The number of amides is 2. The van der Waals surface area contributed by atoms with Crippen molar-refractivity contribution in [1.82, 2.24) is 4.90 Å². The van der Waals surface area contributed by atoms with E-state index in [1.807, 2.05) is 54.6 Å². The van der Waals surface area contributed by atoms with E-state index >= 15 is 4.79 Å². The maximum Gasteiger partial charge on any atom is 0.305 e. The van der Waals surface area contributed by atoms with Gasteiger partial charge in [-0.05, 0) is 59.7 Å². The minimum atomic E-state index is -1.38. The van der Waals surface area contributed by atoms with Gasteiger partial charge < -0.3 is 14.9 Å². The second-order valence-corrected chi connectivity index (χ2v) is 13.5. The van der Waals surface area contributed by atoms with Crippen LogP contribution in [0.4, 0.5) is 0 Å². The van der Waals surface area contributed by atoms with Crippen LogP contribution < -0.4 is 4.74 Å². The molecule has 0 unspecified atom stereocenters. The van der Waals surface area contributed by atoms with Crippen LogP contribution in [-0.2, 0) is 35.8 Å². The zero-order chi connectivity index (χ0) is 34.0. The Bertz CT molecular complexity index is 2030. The predicted octanol–water partition coefficient (Wildman–Crippen LogP) is 5.04. The highest BCUT2D eigenvalue weighted by molar-refractivity contribution is 6.31. The average Bonchev–Trinajstić information content (AvgIpc) is 3.36. The van der Waals surface area contributed by atoms with Gasteiger partial charge in [-0.1, -0.05) is 72.3 Å². The van der Waals surface area contributed by atoms with Crippen LogP contribution in [-0.4, -0.2) is 51.0 Å². The molecule has 3 aromatic rings. The Morgan fingerprint density at radius 3 is 2.39 bits per heavy atom. The lowest BCUT2D eigenvalue weighted by atomic mass is 9.44. The molecule has 0 aromatic heterocycles. The van der Waals surface area contributed by atoms with Crippen LogP contribution in [0, 0.1) is 29.6 Å². The Morgan fingerprint density at radius 1 is 0.918 bits per heavy atom. The first kappa shape index (κ1) is 30.7. The molecule has 9 heteroatoms. The molecule has 1 saturated carbocycles. The van der Waals surface area contributed by atoms with Crippen LogP contribution in [0.1, 0.15) is 36.0 Å². The fourth-order valence-corrected chi connectivity index (χ4v) is 9.18. The zero-order valence-corrected chi connectivity index (χ0v) is 26.5. The monoisotopic (exact) mass is 655 g/mol. The largest absolute Gasteiger partial charge is 0.508 e. The first-order chi connectivity index (χ1) is 23.7. The van der Waals surface area contributed by atoms with Gasteiger partial charge in [-0.3, -0.25) is 28.9 Å². The van der Waals surface area contributed by atoms with Gasteiger partial charge in [-0.15, -0.1) is 0 Å². The third-order valence-electron chi connectivity index (χ3n) is 11.2. The van der Waals surface area contributed by atoms with Gasteiger partial charge in [-0.25, -0.2) is 0 Å². The molecule has 49 heavy (non-hydrogen) atoms. The number of fused-ring (bicyclic) bond motifs is 5. The van der Waals surface area contributed by atoms with Crippen molar-refractivity contribution in [3.8, 4) is 11.5 Å². The second-order valence-electron chi connectivity index (χ2n) is 13.5. The molecule has 6 atom stereocenters. The number of benzene rings is 3. The number of ketones is 2. The van der Waals surface area contributed by atoms with Crippen LogP contribution in [0.5, 0.6) is 11.5 Å². The summed E-state index contributed by atoms with van der Waals surface area (Å²) >= 11 is 0. The van der Waals surface area contributed by atoms with Crippen LogP contribution in [0.3, 0.4) is 0 Å². The fourth-order valence-electron chi connectivity index (χ4n) is 9.18. The molecule has 2 N–H and O–H groups in total. The molecule has 2 aliphatic heterocycles. The summed E-state index contributed by atoms with van der Waals surface area (Å²) in [6.45, 7) is -0.222. The molecule has 246 valence electrons. The molecule has 3 aromatic carbocycles. The van der Waals surface area contributed by atoms with Crippen molar-refractivity contribution < 1.29 is 38.9 Å². The van der Waals surface area contributed by atoms with E-state index in [1.165, 1.54) is 12.1 Å². The first-order valence-corrected chi connectivity index (χ1v) is 16.6. The van der Waals surface area contributed by atoms with Crippen molar-refractivity contribution in [1.29, 1.82) is 0 Å². The molecule has 8 rings (SSSR count). The molecule has 2 amide bonds. The van der Waals surface area contributed by atoms with Crippen molar-refractivity contribution in [2.45, 2.75) is 31.1 Å². The molecule has 5 aliphatic rings. The van der Waals surface area contributed by atoms with E-state index in [-0.39, 0.29) is 43.1 Å². The Kier molecular flexibility index (Phi) is 7.24. The van der Waals surface area contributed by atoms with Gasteiger partial charge in [0.25, 0.3) is 0 Å². The van der Waals surface area contributed by atoms with Crippen LogP contribution in [0.25, 0.3) is 5.57 Å². The lowest BCUT2D eigenvalue weighted by Crippen LogP contribution is -2.60. The van der Waals surface area contributed by atoms with Gasteiger partial charge in [0.15, 0.2) is 11.6 Å². The number of aliphatic carboxylic acids is 1. The Balaban J connectivity index is 1.34. The van der Waals surface area contributed by atoms with Crippen LogP contribution >= 0.6 is 0 Å². The SMILES string of the molecule is O=C(O)CCN1C(=O)[C@H]2[C@H](CC=C3[C@H](C4=COc5ccc(O)cc5C4)[C@]4(c5ccccc5)C(=O)C=C(c5ccccc5)C(=O)[C@@H]4C[C@H]32)C1=O. The Labute approximate surface area is 282 Å². The number of hydrogen-bond donors (Lipinski definition) is 2. The normalized spacial score (nSPS) is 28.7. The topological polar surface area (TPSA) is 138 Å². The summed E-state index contributed by atoms with van der Waals surface area (Å²) in [4.78, 5) is 70.3. The van der Waals surface area contributed by atoms with Gasteiger partial charge in [0.05, 0.1) is 29.9 Å². The lowest BCUT2D eigenvalue weighted by molar-refractivity contribution is -0.142. The van der Waals surface area contributed by atoms with E-state index in [0.29, 0.717) is 28.9 Å². The number of carboxylic acids is 1. The number of carbonyl (C=O) groups excluding carboxylic acids is 4. The van der Waals surface area contributed by atoms with Gasteiger partial charge in [0.2, 0.25) is 11.8 Å². The van der Waals surface area contributed by atoms with Crippen molar-refractivity contribution in [2.24, 2.45) is 29.6 Å². The van der Waals surface area contributed by atoms with E-state index < -0.39 is 52.8 Å². The highest BCUT2D eigenvalue weighted by Crippen LogP contribution is 2.63. The summed E-state index contributed by atoms with van der Waals surface area (Å²) in [5.41, 5.74) is 2.46. The number of ether oxygens (including phenoxy) is 1. The van der Waals surface area contributed by atoms with Crippen molar-refractivity contribution in [2.75, 3.05) is 6.54 Å².